The topological polar surface area (TPSA) is 79.7 Å². The van der Waals surface area contributed by atoms with Crippen LogP contribution in [0.3, 0.4) is 0 Å². The van der Waals surface area contributed by atoms with Gasteiger partial charge in [-0.25, -0.2) is 14.4 Å². The molecule has 0 aliphatic carbocycles. The molecule has 10 heteroatoms. The molecule has 0 bridgehead atoms. The van der Waals surface area contributed by atoms with Crippen LogP contribution < -0.4 is 14.8 Å². The quantitative estimate of drug-likeness (QED) is 0.298. The van der Waals surface area contributed by atoms with Gasteiger partial charge in [-0.05, 0) is 73.1 Å². The number of halogens is 3. The van der Waals surface area contributed by atoms with Crippen LogP contribution in [0.1, 0.15) is 70.5 Å². The lowest BCUT2D eigenvalue weighted by atomic mass is 9.91. The van der Waals surface area contributed by atoms with Crippen LogP contribution in [0.2, 0.25) is 0 Å². The summed E-state index contributed by atoms with van der Waals surface area (Å²) < 4.78 is 57.0. The lowest BCUT2D eigenvalue weighted by Crippen LogP contribution is -2.41. The van der Waals surface area contributed by atoms with Crippen LogP contribution in [0.15, 0.2) is 30.3 Å². The molecule has 40 heavy (non-hydrogen) atoms. The Morgan fingerprint density at radius 3 is 2.52 bits per heavy atom. The van der Waals surface area contributed by atoms with E-state index in [1.807, 2.05) is 0 Å². The summed E-state index contributed by atoms with van der Waals surface area (Å²) in [7, 11) is 1.57. The standard InChI is InChI=1S/C30H39F3N4O3/c1-17(2)37-13-9-10-20(37)16-40-26-14-22-24(15-25(26)39-7)35-19(4)36-28(22)34-18(3)21-11-8-12-23(27(21)31)30(32,33)29(5,6)38/h8,11-12,14-15,17-18,20,38H,9-10,13,16H2,1-7H3,(H,34,35,36)/t18-,20+/m1/s1. The van der Waals surface area contributed by atoms with Gasteiger partial charge in [0.2, 0.25) is 0 Å². The summed E-state index contributed by atoms with van der Waals surface area (Å²) >= 11 is 0. The van der Waals surface area contributed by atoms with E-state index in [0.29, 0.717) is 52.7 Å². The number of benzene rings is 2. The minimum absolute atomic E-state index is 0.0193. The van der Waals surface area contributed by atoms with Gasteiger partial charge in [0, 0.05) is 29.1 Å². The van der Waals surface area contributed by atoms with E-state index >= 15 is 4.39 Å². The maximum Gasteiger partial charge on any atom is 0.303 e. The van der Waals surface area contributed by atoms with E-state index in [1.54, 1.807) is 33.1 Å². The second kappa shape index (κ2) is 11.4. The third-order valence-corrected chi connectivity index (χ3v) is 7.57. The second-order valence-corrected chi connectivity index (χ2v) is 11.3. The van der Waals surface area contributed by atoms with Gasteiger partial charge in [-0.1, -0.05) is 12.1 Å². The molecule has 2 N–H and O–H groups in total. The largest absolute Gasteiger partial charge is 0.493 e. The maximum atomic E-state index is 15.4. The van der Waals surface area contributed by atoms with Crippen molar-refractivity contribution in [2.45, 2.75) is 84.0 Å². The fraction of sp³-hybridized carbons (Fsp3) is 0.533. The summed E-state index contributed by atoms with van der Waals surface area (Å²) in [6.45, 7) is 11.2. The molecule has 1 aliphatic heterocycles. The first-order valence-electron chi connectivity index (χ1n) is 13.6. The Morgan fingerprint density at radius 2 is 1.88 bits per heavy atom. The molecule has 2 aromatic carbocycles. The SMILES string of the molecule is COc1cc2nc(C)nc(N[C@H](C)c3cccc(C(F)(F)C(C)(C)O)c3F)c2cc1OC[C@@H]1CCCN1C(C)C. The number of hydrogen-bond acceptors (Lipinski definition) is 7. The number of fused-ring (bicyclic) bond motifs is 1. The number of aliphatic hydroxyl groups is 1. The summed E-state index contributed by atoms with van der Waals surface area (Å²) in [5, 5.41) is 13.8. The van der Waals surface area contributed by atoms with E-state index < -0.39 is 28.9 Å². The zero-order valence-corrected chi connectivity index (χ0v) is 24.2. The van der Waals surface area contributed by atoms with Crippen LogP contribution in [0.25, 0.3) is 10.9 Å². The van der Waals surface area contributed by atoms with Gasteiger partial charge in [-0.2, -0.15) is 8.78 Å². The van der Waals surface area contributed by atoms with E-state index in [-0.39, 0.29) is 5.56 Å². The number of alkyl halides is 2. The molecule has 1 aliphatic rings. The van der Waals surface area contributed by atoms with Crippen LogP contribution in [0.4, 0.5) is 19.0 Å². The number of methoxy groups -OCH3 is 1. The van der Waals surface area contributed by atoms with Crippen LogP contribution in [0, 0.1) is 12.7 Å². The fourth-order valence-electron chi connectivity index (χ4n) is 5.28. The van der Waals surface area contributed by atoms with Crippen molar-refractivity contribution in [1.82, 2.24) is 14.9 Å². The Kier molecular flexibility index (Phi) is 8.52. The van der Waals surface area contributed by atoms with Crippen LogP contribution in [0.5, 0.6) is 11.5 Å². The average molecular weight is 561 g/mol. The molecule has 1 aromatic heterocycles. The predicted octanol–water partition coefficient (Wildman–Crippen LogP) is 6.37. The number of hydrogen-bond donors (Lipinski definition) is 2. The van der Waals surface area contributed by atoms with Gasteiger partial charge in [0.25, 0.3) is 0 Å². The number of nitrogens with one attached hydrogen (secondary N) is 1. The average Bonchev–Trinajstić information content (AvgIpc) is 3.35. The third-order valence-electron chi connectivity index (χ3n) is 7.57. The van der Waals surface area contributed by atoms with E-state index in [1.165, 1.54) is 12.1 Å². The summed E-state index contributed by atoms with van der Waals surface area (Å²) in [5.74, 6) is -2.93. The summed E-state index contributed by atoms with van der Waals surface area (Å²) in [6.07, 6.45) is 2.18. The first-order valence-corrected chi connectivity index (χ1v) is 13.6. The number of rotatable bonds is 10. The van der Waals surface area contributed by atoms with E-state index in [9.17, 15) is 13.9 Å². The molecule has 0 radical (unpaired) electrons. The molecule has 218 valence electrons. The number of nitrogens with zero attached hydrogens (tertiary/aromatic N) is 3. The molecule has 2 atom stereocenters. The maximum absolute atomic E-state index is 15.4. The van der Waals surface area contributed by atoms with Gasteiger partial charge >= 0.3 is 5.92 Å². The van der Waals surface area contributed by atoms with Gasteiger partial charge in [0.15, 0.2) is 11.5 Å². The van der Waals surface area contributed by atoms with Crippen molar-refractivity contribution in [3.05, 3.63) is 53.1 Å². The first kappa shape index (κ1) is 29.9. The highest BCUT2D eigenvalue weighted by Crippen LogP contribution is 2.42. The normalized spacial score (nSPS) is 17.4. The summed E-state index contributed by atoms with van der Waals surface area (Å²) in [4.78, 5) is 11.5. The molecule has 0 unspecified atom stereocenters. The number of ether oxygens (including phenoxy) is 2. The number of aromatic nitrogens is 2. The van der Waals surface area contributed by atoms with Crippen LogP contribution >= 0.6 is 0 Å². The minimum atomic E-state index is -3.79. The molecule has 1 fully saturated rings. The van der Waals surface area contributed by atoms with Crippen LogP contribution in [-0.2, 0) is 5.92 Å². The van der Waals surface area contributed by atoms with E-state index in [2.05, 4.69) is 34.0 Å². The summed E-state index contributed by atoms with van der Waals surface area (Å²) in [5.41, 5.74) is -2.69. The van der Waals surface area contributed by atoms with Crippen molar-refractivity contribution >= 4 is 16.7 Å². The Balaban J connectivity index is 1.67. The molecular weight excluding hydrogens is 521 g/mol. The number of aryl methyl sites for hydroxylation is 1. The second-order valence-electron chi connectivity index (χ2n) is 11.3. The lowest BCUT2D eigenvalue weighted by molar-refractivity contribution is -0.170. The molecule has 0 spiro atoms. The highest BCUT2D eigenvalue weighted by atomic mass is 19.3. The Labute approximate surface area is 233 Å². The highest BCUT2D eigenvalue weighted by molar-refractivity contribution is 5.92. The van der Waals surface area contributed by atoms with Crippen molar-refractivity contribution in [3.63, 3.8) is 0 Å². The van der Waals surface area contributed by atoms with Gasteiger partial charge in [0.1, 0.15) is 29.7 Å². The Bertz CT molecular complexity index is 1360. The Morgan fingerprint density at radius 1 is 1.15 bits per heavy atom. The molecule has 7 nitrogen and oxygen atoms in total. The number of anilines is 1. The molecular formula is C30H39F3N4O3. The number of likely N-dealkylation sites (tertiary alicyclic amines) is 1. The van der Waals surface area contributed by atoms with Crippen molar-refractivity contribution < 1.29 is 27.8 Å². The predicted molar refractivity (Wildman–Crippen MR) is 150 cm³/mol. The van der Waals surface area contributed by atoms with Gasteiger partial charge < -0.3 is 19.9 Å². The fourth-order valence-corrected chi connectivity index (χ4v) is 5.28. The zero-order chi connectivity index (χ0) is 29.4. The molecule has 1 saturated heterocycles. The van der Waals surface area contributed by atoms with Gasteiger partial charge in [0.05, 0.1) is 24.2 Å². The van der Waals surface area contributed by atoms with E-state index in [4.69, 9.17) is 9.47 Å². The Hall–Kier alpha value is -3.11. The van der Waals surface area contributed by atoms with E-state index in [0.717, 1.165) is 39.3 Å². The first-order chi connectivity index (χ1) is 18.7. The molecule has 4 rings (SSSR count). The molecule has 2 heterocycles. The molecule has 0 amide bonds. The van der Waals surface area contributed by atoms with Crippen molar-refractivity contribution in [1.29, 1.82) is 0 Å². The lowest BCUT2D eigenvalue weighted by Gasteiger charge is -2.30. The third kappa shape index (κ3) is 5.83. The van der Waals surface area contributed by atoms with Gasteiger partial charge in [-0.15, -0.1) is 0 Å². The van der Waals surface area contributed by atoms with Crippen molar-refractivity contribution in [2.75, 3.05) is 25.6 Å². The summed E-state index contributed by atoms with van der Waals surface area (Å²) in [6, 6.07) is 7.34. The van der Waals surface area contributed by atoms with Crippen molar-refractivity contribution in [3.8, 4) is 11.5 Å². The molecule has 3 aromatic rings. The monoisotopic (exact) mass is 560 g/mol. The van der Waals surface area contributed by atoms with Crippen molar-refractivity contribution in [2.24, 2.45) is 0 Å². The van der Waals surface area contributed by atoms with Gasteiger partial charge in [-0.3, -0.25) is 4.90 Å². The minimum Gasteiger partial charge on any atom is -0.493 e. The smallest absolute Gasteiger partial charge is 0.303 e. The zero-order valence-electron chi connectivity index (χ0n) is 24.2. The highest BCUT2D eigenvalue weighted by Gasteiger charge is 2.49. The molecule has 0 saturated carbocycles. The van der Waals surface area contributed by atoms with Crippen LogP contribution in [-0.4, -0.2) is 57.9 Å².